The Labute approximate surface area is 175 Å². The zero-order valence-corrected chi connectivity index (χ0v) is 17.8. The molecule has 1 heterocycles. The SMILES string of the molecule is C[C@H]1CC(C)(C)C[C@]2(C1)NC(=O)N(CC(=O)OCCOc1ccccc1Cl)C2=O. The molecule has 1 saturated carbocycles. The smallest absolute Gasteiger partial charge is 0.326 e. The van der Waals surface area contributed by atoms with Crippen LogP contribution in [0.2, 0.25) is 5.02 Å². The molecule has 0 bridgehead atoms. The van der Waals surface area contributed by atoms with Gasteiger partial charge in [-0.2, -0.15) is 0 Å². The van der Waals surface area contributed by atoms with Gasteiger partial charge in [-0.1, -0.05) is 44.5 Å². The lowest BCUT2D eigenvalue weighted by molar-refractivity contribution is -0.149. The molecule has 29 heavy (non-hydrogen) atoms. The zero-order chi connectivity index (χ0) is 21.2. The van der Waals surface area contributed by atoms with Crippen LogP contribution in [0.3, 0.4) is 0 Å². The first-order valence-corrected chi connectivity index (χ1v) is 10.2. The van der Waals surface area contributed by atoms with Crippen LogP contribution in [0.1, 0.15) is 40.0 Å². The van der Waals surface area contributed by atoms with E-state index in [1.807, 2.05) is 0 Å². The van der Waals surface area contributed by atoms with Crippen LogP contribution in [0, 0.1) is 11.3 Å². The highest BCUT2D eigenvalue weighted by atomic mass is 35.5. The number of nitrogens with zero attached hydrogens (tertiary/aromatic N) is 1. The van der Waals surface area contributed by atoms with Gasteiger partial charge in [0.05, 0.1) is 5.02 Å². The van der Waals surface area contributed by atoms with Gasteiger partial charge >= 0.3 is 12.0 Å². The van der Waals surface area contributed by atoms with E-state index >= 15 is 0 Å². The molecule has 0 unspecified atom stereocenters. The minimum atomic E-state index is -0.925. The van der Waals surface area contributed by atoms with Crippen LogP contribution in [0.5, 0.6) is 5.75 Å². The van der Waals surface area contributed by atoms with E-state index in [9.17, 15) is 14.4 Å². The average Bonchev–Trinajstić information content (AvgIpc) is 2.81. The van der Waals surface area contributed by atoms with Crippen molar-refractivity contribution < 1.29 is 23.9 Å². The number of nitrogens with one attached hydrogen (secondary N) is 1. The second kappa shape index (κ2) is 8.22. The highest BCUT2D eigenvalue weighted by Crippen LogP contribution is 2.46. The fraction of sp³-hybridized carbons (Fsp3) is 0.571. The molecule has 0 aromatic heterocycles. The molecule has 8 heteroatoms. The van der Waals surface area contributed by atoms with E-state index in [0.29, 0.717) is 29.5 Å². The van der Waals surface area contributed by atoms with E-state index in [2.05, 4.69) is 26.1 Å². The summed E-state index contributed by atoms with van der Waals surface area (Å²) in [7, 11) is 0. The highest BCUT2D eigenvalue weighted by Gasteiger charge is 2.56. The first-order valence-electron chi connectivity index (χ1n) is 9.79. The summed E-state index contributed by atoms with van der Waals surface area (Å²) >= 11 is 5.99. The molecule has 1 aromatic rings. The Hall–Kier alpha value is -2.28. The quantitative estimate of drug-likeness (QED) is 0.431. The third-order valence-electron chi connectivity index (χ3n) is 5.35. The molecule has 1 saturated heterocycles. The fourth-order valence-electron chi connectivity index (χ4n) is 4.69. The predicted octanol–water partition coefficient (Wildman–Crippen LogP) is 3.40. The summed E-state index contributed by atoms with van der Waals surface area (Å²) in [6, 6.07) is 6.44. The lowest BCUT2D eigenvalue weighted by Crippen LogP contribution is -2.54. The van der Waals surface area contributed by atoms with Gasteiger partial charge in [-0.15, -0.1) is 0 Å². The van der Waals surface area contributed by atoms with Crippen LogP contribution in [-0.4, -0.2) is 48.1 Å². The molecule has 2 fully saturated rings. The summed E-state index contributed by atoms with van der Waals surface area (Å²) < 4.78 is 10.6. The van der Waals surface area contributed by atoms with E-state index in [-0.39, 0.29) is 24.5 Å². The number of para-hydroxylation sites is 1. The van der Waals surface area contributed by atoms with E-state index in [4.69, 9.17) is 21.1 Å². The molecular weight excluding hydrogens is 396 g/mol. The average molecular weight is 423 g/mol. The molecule has 2 atom stereocenters. The van der Waals surface area contributed by atoms with E-state index in [1.165, 1.54) is 0 Å². The Morgan fingerprint density at radius 1 is 1.24 bits per heavy atom. The first kappa shape index (κ1) is 21.4. The number of esters is 1. The maximum Gasteiger partial charge on any atom is 0.326 e. The standard InChI is InChI=1S/C21H27ClN2O5/c1-14-10-20(2,3)13-21(11-14)18(26)24(19(27)23-21)12-17(25)29-9-8-28-16-7-5-4-6-15(16)22/h4-7,14H,8-13H2,1-3H3,(H,23,27)/t14-,21-/m0/s1. The van der Waals surface area contributed by atoms with Gasteiger partial charge in [-0.25, -0.2) is 4.79 Å². The van der Waals surface area contributed by atoms with Crippen LogP contribution in [-0.2, 0) is 14.3 Å². The number of hydrogen-bond acceptors (Lipinski definition) is 5. The normalized spacial score (nSPS) is 25.8. The van der Waals surface area contributed by atoms with Crippen LogP contribution >= 0.6 is 11.6 Å². The van der Waals surface area contributed by atoms with E-state index < -0.39 is 24.1 Å². The summed E-state index contributed by atoms with van der Waals surface area (Å²) in [5.74, 6) is -0.199. The van der Waals surface area contributed by atoms with Gasteiger partial charge in [-0.3, -0.25) is 14.5 Å². The number of halogens is 1. The number of ether oxygens (including phenoxy) is 2. The number of hydrogen-bond donors (Lipinski definition) is 1. The van der Waals surface area contributed by atoms with Gasteiger partial charge in [0, 0.05) is 0 Å². The van der Waals surface area contributed by atoms with E-state index in [1.54, 1.807) is 24.3 Å². The molecule has 1 N–H and O–H groups in total. The third kappa shape index (κ3) is 4.83. The summed E-state index contributed by atoms with van der Waals surface area (Å²) in [6.07, 6.45) is 2.13. The second-order valence-corrected chi connectivity index (χ2v) is 9.16. The summed E-state index contributed by atoms with van der Waals surface area (Å²) in [4.78, 5) is 38.5. The van der Waals surface area contributed by atoms with Gasteiger partial charge in [0.15, 0.2) is 0 Å². The molecule has 158 valence electrons. The van der Waals surface area contributed by atoms with Crippen molar-refractivity contribution in [3.63, 3.8) is 0 Å². The van der Waals surface area contributed by atoms with Crippen molar-refractivity contribution >= 4 is 29.5 Å². The molecule has 3 rings (SSSR count). The molecule has 3 amide bonds. The maximum absolute atomic E-state index is 13.0. The van der Waals surface area contributed by atoms with Crippen molar-refractivity contribution in [1.82, 2.24) is 10.2 Å². The van der Waals surface area contributed by atoms with Gasteiger partial charge in [0.2, 0.25) is 0 Å². The van der Waals surface area contributed by atoms with Gasteiger partial charge in [0.1, 0.15) is 31.0 Å². The fourth-order valence-corrected chi connectivity index (χ4v) is 4.88. The summed E-state index contributed by atoms with van der Waals surface area (Å²) in [5, 5.41) is 3.31. The Kier molecular flexibility index (Phi) is 6.08. The predicted molar refractivity (Wildman–Crippen MR) is 108 cm³/mol. The van der Waals surface area contributed by atoms with Crippen molar-refractivity contribution in [2.24, 2.45) is 11.3 Å². The number of carbonyl (C=O) groups is 3. The number of imide groups is 1. The summed E-state index contributed by atoms with van der Waals surface area (Å²) in [5.41, 5.74) is -0.987. The van der Waals surface area contributed by atoms with Crippen molar-refractivity contribution in [3.05, 3.63) is 29.3 Å². The Balaban J connectivity index is 1.52. The van der Waals surface area contributed by atoms with Crippen LogP contribution in [0.15, 0.2) is 24.3 Å². The minimum absolute atomic E-state index is 0.0110. The number of urea groups is 1. The van der Waals surface area contributed by atoms with Gasteiger partial charge < -0.3 is 14.8 Å². The molecule has 1 aliphatic carbocycles. The zero-order valence-electron chi connectivity index (χ0n) is 17.0. The summed E-state index contributed by atoms with van der Waals surface area (Å²) in [6.45, 7) is 5.97. The number of amides is 3. The highest BCUT2D eigenvalue weighted by molar-refractivity contribution is 6.32. The van der Waals surface area contributed by atoms with Crippen LogP contribution in [0.25, 0.3) is 0 Å². The molecule has 1 spiro atoms. The first-order chi connectivity index (χ1) is 13.6. The third-order valence-corrected chi connectivity index (χ3v) is 5.66. The van der Waals surface area contributed by atoms with Crippen LogP contribution < -0.4 is 10.1 Å². The largest absolute Gasteiger partial charge is 0.488 e. The molecule has 7 nitrogen and oxygen atoms in total. The molecular formula is C21H27ClN2O5. The lowest BCUT2D eigenvalue weighted by atomic mass is 9.64. The van der Waals surface area contributed by atoms with Crippen molar-refractivity contribution in [1.29, 1.82) is 0 Å². The Bertz CT molecular complexity index is 812. The number of carbonyl (C=O) groups excluding carboxylic acids is 3. The second-order valence-electron chi connectivity index (χ2n) is 8.76. The van der Waals surface area contributed by atoms with Gasteiger partial charge in [0.25, 0.3) is 5.91 Å². The number of benzene rings is 1. The monoisotopic (exact) mass is 422 g/mol. The Morgan fingerprint density at radius 2 is 1.97 bits per heavy atom. The topological polar surface area (TPSA) is 84.9 Å². The van der Waals surface area contributed by atoms with Crippen molar-refractivity contribution in [2.45, 2.75) is 45.6 Å². The maximum atomic E-state index is 13.0. The number of rotatable bonds is 6. The van der Waals surface area contributed by atoms with Crippen LogP contribution in [0.4, 0.5) is 4.79 Å². The Morgan fingerprint density at radius 3 is 2.66 bits per heavy atom. The van der Waals surface area contributed by atoms with Crippen molar-refractivity contribution in [2.75, 3.05) is 19.8 Å². The molecule has 0 radical (unpaired) electrons. The lowest BCUT2D eigenvalue weighted by Gasteiger charge is -2.43. The molecule has 1 aromatic carbocycles. The molecule has 2 aliphatic rings. The van der Waals surface area contributed by atoms with Crippen molar-refractivity contribution in [3.8, 4) is 5.75 Å². The molecule has 1 aliphatic heterocycles. The minimum Gasteiger partial charge on any atom is -0.488 e. The van der Waals surface area contributed by atoms with E-state index in [0.717, 1.165) is 11.3 Å². The van der Waals surface area contributed by atoms with Gasteiger partial charge in [-0.05, 0) is 42.7 Å².